The van der Waals surface area contributed by atoms with Crippen LogP contribution in [0.3, 0.4) is 0 Å². The summed E-state index contributed by atoms with van der Waals surface area (Å²) in [5.74, 6) is 0. The lowest BCUT2D eigenvalue weighted by atomic mass is 10.2. The molecule has 0 unspecified atom stereocenters. The topological polar surface area (TPSA) is 48.8 Å². The van der Waals surface area contributed by atoms with Crippen molar-refractivity contribution in [2.45, 2.75) is 6.54 Å². The fourth-order valence-electron chi connectivity index (χ4n) is 0.816. The minimum atomic E-state index is 0.275. The first-order valence-electron chi connectivity index (χ1n) is 3.18. The molecule has 0 aliphatic rings. The van der Waals surface area contributed by atoms with Gasteiger partial charge in [0.05, 0.1) is 6.54 Å². The zero-order valence-corrected chi connectivity index (χ0v) is 7.55. The normalized spacial score (nSPS) is 9.17. The molecule has 0 N–H and O–H groups in total. The van der Waals surface area contributed by atoms with Crippen molar-refractivity contribution in [2.75, 3.05) is 0 Å². The predicted octanol–water partition coefficient (Wildman–Crippen LogP) is 3.80. The zero-order chi connectivity index (χ0) is 8.97. The van der Waals surface area contributed by atoms with Crippen LogP contribution in [0.4, 0.5) is 0 Å². The number of hydrogen-bond acceptors (Lipinski definition) is 1. The molecule has 0 aromatic heterocycles. The third kappa shape index (κ3) is 2.62. The summed E-state index contributed by atoms with van der Waals surface area (Å²) in [5, 5.41) is 4.48. The minimum absolute atomic E-state index is 0.275. The number of hydrogen-bond donors (Lipinski definition) is 0. The standard InChI is InChI=1S/C7H5Cl2N3/c8-6-1-5(4-11-12-10)2-7(9)3-6/h1-3H,4H2. The van der Waals surface area contributed by atoms with E-state index in [1.807, 2.05) is 0 Å². The predicted molar refractivity (Wildman–Crippen MR) is 49.3 cm³/mol. The molecular weight excluding hydrogens is 197 g/mol. The number of rotatable bonds is 2. The van der Waals surface area contributed by atoms with E-state index in [4.69, 9.17) is 28.7 Å². The summed E-state index contributed by atoms with van der Waals surface area (Å²) in [6.45, 7) is 0.275. The Morgan fingerprint density at radius 3 is 2.33 bits per heavy atom. The van der Waals surface area contributed by atoms with Crippen LogP contribution in [0.2, 0.25) is 10.0 Å². The van der Waals surface area contributed by atoms with Gasteiger partial charge in [-0.05, 0) is 29.3 Å². The van der Waals surface area contributed by atoms with E-state index < -0.39 is 0 Å². The molecule has 62 valence electrons. The molecule has 0 radical (unpaired) electrons. The first-order chi connectivity index (χ1) is 5.72. The van der Waals surface area contributed by atoms with Gasteiger partial charge in [0.1, 0.15) is 0 Å². The van der Waals surface area contributed by atoms with E-state index in [1.54, 1.807) is 18.2 Å². The van der Waals surface area contributed by atoms with Crippen molar-refractivity contribution in [3.63, 3.8) is 0 Å². The molecule has 1 aromatic carbocycles. The fourth-order valence-corrected chi connectivity index (χ4v) is 1.39. The van der Waals surface area contributed by atoms with E-state index in [0.29, 0.717) is 10.0 Å². The first-order valence-corrected chi connectivity index (χ1v) is 3.94. The van der Waals surface area contributed by atoms with Gasteiger partial charge in [-0.3, -0.25) is 0 Å². The molecule has 1 rings (SSSR count). The SMILES string of the molecule is [N-]=[N+]=NCc1cc(Cl)cc(Cl)c1. The average Bonchev–Trinajstić information content (AvgIpc) is 1.99. The van der Waals surface area contributed by atoms with Gasteiger partial charge in [0.2, 0.25) is 0 Å². The Hall–Kier alpha value is -0.890. The summed E-state index contributed by atoms with van der Waals surface area (Å²) in [4.78, 5) is 2.63. The molecule has 1 aromatic rings. The highest BCUT2D eigenvalue weighted by Gasteiger charge is 1.95. The first kappa shape index (κ1) is 9.20. The lowest BCUT2D eigenvalue weighted by Gasteiger charge is -1.97. The monoisotopic (exact) mass is 201 g/mol. The zero-order valence-electron chi connectivity index (χ0n) is 6.04. The summed E-state index contributed by atoms with van der Waals surface area (Å²) >= 11 is 11.4. The highest BCUT2D eigenvalue weighted by Crippen LogP contribution is 2.19. The second kappa shape index (κ2) is 4.21. The van der Waals surface area contributed by atoms with E-state index in [9.17, 15) is 0 Å². The molecule has 0 fully saturated rings. The number of nitrogens with zero attached hydrogens (tertiary/aromatic N) is 3. The largest absolute Gasteiger partial charge is 0.0893 e. The summed E-state index contributed by atoms with van der Waals surface area (Å²) in [5.41, 5.74) is 8.87. The summed E-state index contributed by atoms with van der Waals surface area (Å²) in [6, 6.07) is 5.05. The van der Waals surface area contributed by atoms with Gasteiger partial charge in [-0.1, -0.05) is 28.3 Å². The van der Waals surface area contributed by atoms with E-state index in [-0.39, 0.29) is 6.54 Å². The smallest absolute Gasteiger partial charge is 0.0511 e. The quantitative estimate of drug-likeness (QED) is 0.397. The highest BCUT2D eigenvalue weighted by molar-refractivity contribution is 6.34. The molecule has 0 aliphatic heterocycles. The van der Waals surface area contributed by atoms with Crippen molar-refractivity contribution in [1.82, 2.24) is 0 Å². The summed E-state index contributed by atoms with van der Waals surface area (Å²) in [6.07, 6.45) is 0. The van der Waals surface area contributed by atoms with Crippen LogP contribution in [-0.4, -0.2) is 0 Å². The van der Waals surface area contributed by atoms with Crippen LogP contribution in [-0.2, 0) is 6.54 Å². The van der Waals surface area contributed by atoms with Gasteiger partial charge in [0, 0.05) is 15.0 Å². The molecule has 0 saturated carbocycles. The van der Waals surface area contributed by atoms with Crippen molar-refractivity contribution in [2.24, 2.45) is 5.11 Å². The molecule has 0 heterocycles. The maximum atomic E-state index is 8.06. The number of benzene rings is 1. The molecule has 0 bridgehead atoms. The second-order valence-corrected chi connectivity index (χ2v) is 3.04. The van der Waals surface area contributed by atoms with Gasteiger partial charge in [0.15, 0.2) is 0 Å². The number of halogens is 2. The van der Waals surface area contributed by atoms with Gasteiger partial charge in [-0.15, -0.1) is 0 Å². The Balaban J connectivity index is 2.92. The van der Waals surface area contributed by atoms with Gasteiger partial charge in [-0.25, -0.2) is 0 Å². The molecule has 0 amide bonds. The highest BCUT2D eigenvalue weighted by atomic mass is 35.5. The average molecular weight is 202 g/mol. The van der Waals surface area contributed by atoms with Crippen LogP contribution in [0, 0.1) is 0 Å². The second-order valence-electron chi connectivity index (χ2n) is 2.17. The maximum Gasteiger partial charge on any atom is 0.0511 e. The molecule has 0 aliphatic carbocycles. The minimum Gasteiger partial charge on any atom is -0.0893 e. The molecule has 0 spiro atoms. The van der Waals surface area contributed by atoms with E-state index in [0.717, 1.165) is 5.56 Å². The number of azide groups is 1. The third-order valence-electron chi connectivity index (χ3n) is 1.24. The molecule has 12 heavy (non-hydrogen) atoms. The Morgan fingerprint density at radius 1 is 1.25 bits per heavy atom. The fraction of sp³-hybridized carbons (Fsp3) is 0.143. The van der Waals surface area contributed by atoms with Crippen molar-refractivity contribution in [3.8, 4) is 0 Å². The van der Waals surface area contributed by atoms with Crippen LogP contribution >= 0.6 is 23.2 Å². The molecule has 0 atom stereocenters. The van der Waals surface area contributed by atoms with Crippen LogP contribution < -0.4 is 0 Å². The van der Waals surface area contributed by atoms with Crippen molar-refractivity contribution >= 4 is 23.2 Å². The Labute approximate surface area is 79.5 Å². The van der Waals surface area contributed by atoms with Gasteiger partial charge >= 0.3 is 0 Å². The third-order valence-corrected chi connectivity index (χ3v) is 1.68. The van der Waals surface area contributed by atoms with E-state index in [2.05, 4.69) is 10.0 Å². The Morgan fingerprint density at radius 2 is 1.83 bits per heavy atom. The molecular formula is C7H5Cl2N3. The van der Waals surface area contributed by atoms with Crippen LogP contribution in [0.25, 0.3) is 10.4 Å². The van der Waals surface area contributed by atoms with E-state index >= 15 is 0 Å². The molecule has 5 heteroatoms. The van der Waals surface area contributed by atoms with Crippen molar-refractivity contribution in [1.29, 1.82) is 0 Å². The maximum absolute atomic E-state index is 8.06. The van der Waals surface area contributed by atoms with Crippen molar-refractivity contribution in [3.05, 3.63) is 44.3 Å². The van der Waals surface area contributed by atoms with Crippen LogP contribution in [0.1, 0.15) is 5.56 Å². The van der Waals surface area contributed by atoms with Gasteiger partial charge in [-0.2, -0.15) is 0 Å². The summed E-state index contributed by atoms with van der Waals surface area (Å²) < 4.78 is 0. The Bertz CT molecular complexity index is 311. The van der Waals surface area contributed by atoms with Gasteiger partial charge < -0.3 is 0 Å². The lowest BCUT2D eigenvalue weighted by molar-refractivity contribution is 1.05. The molecule has 3 nitrogen and oxygen atoms in total. The van der Waals surface area contributed by atoms with Crippen LogP contribution in [0.5, 0.6) is 0 Å². The lowest BCUT2D eigenvalue weighted by Crippen LogP contribution is -1.79. The van der Waals surface area contributed by atoms with Crippen molar-refractivity contribution < 1.29 is 0 Å². The van der Waals surface area contributed by atoms with Gasteiger partial charge in [0.25, 0.3) is 0 Å². The summed E-state index contributed by atoms with van der Waals surface area (Å²) in [7, 11) is 0. The van der Waals surface area contributed by atoms with Crippen LogP contribution in [0.15, 0.2) is 23.3 Å². The molecule has 0 saturated heterocycles. The Kier molecular flexibility index (Phi) is 3.23. The van der Waals surface area contributed by atoms with E-state index in [1.165, 1.54) is 0 Å².